The lowest BCUT2D eigenvalue weighted by atomic mass is 10.3. The van der Waals surface area contributed by atoms with Crippen molar-refractivity contribution >= 4 is 36.5 Å². The smallest absolute Gasteiger partial charge is 0.402 e. The minimum Gasteiger partial charge on any atom is -0.415 e. The number of benzene rings is 2. The fourth-order valence-corrected chi connectivity index (χ4v) is 5.06. The zero-order chi connectivity index (χ0) is 14.4. The van der Waals surface area contributed by atoms with Crippen LogP contribution >= 0.6 is 30.9 Å². The van der Waals surface area contributed by atoms with Crippen molar-refractivity contribution in [1.29, 1.82) is 0 Å². The summed E-state index contributed by atoms with van der Waals surface area (Å²) in [5, 5.41) is 0.985. The molecule has 0 aliphatic carbocycles. The Balaban J connectivity index is 1.86. The first-order chi connectivity index (χ1) is 10.2. The number of hydrogen-bond donors (Lipinski definition) is 0. The van der Waals surface area contributed by atoms with Gasteiger partial charge in [0.2, 0.25) is 0 Å². The minimum absolute atomic E-state index is 0.492. The molecular weight excluding hydrogens is 330 g/mol. The summed E-state index contributed by atoms with van der Waals surface area (Å²) >= 11 is 12.4. The molecule has 0 unspecified atom stereocenters. The largest absolute Gasteiger partial charge is 0.415 e. The van der Waals surface area contributed by atoms with Gasteiger partial charge in [0.05, 0.1) is 10.0 Å². The topological polar surface area (TPSA) is 33.8 Å². The zero-order valence-electron chi connectivity index (χ0n) is 10.9. The SMILES string of the molecule is Clc1cccc(Cl)c1N=P1(N2CC2)Oc2ccccc2O1. The molecule has 0 amide bonds. The van der Waals surface area contributed by atoms with Crippen molar-refractivity contribution < 1.29 is 9.05 Å². The van der Waals surface area contributed by atoms with Crippen molar-refractivity contribution in [3.05, 3.63) is 52.5 Å². The van der Waals surface area contributed by atoms with Gasteiger partial charge in [-0.3, -0.25) is 0 Å². The zero-order valence-corrected chi connectivity index (χ0v) is 13.3. The van der Waals surface area contributed by atoms with Crippen LogP contribution in [0.25, 0.3) is 0 Å². The fourth-order valence-electron chi connectivity index (χ4n) is 2.10. The molecule has 0 spiro atoms. The molecule has 0 radical (unpaired) electrons. The Morgan fingerprint density at radius 2 is 1.48 bits per heavy atom. The van der Waals surface area contributed by atoms with Crippen LogP contribution in [0, 0.1) is 0 Å². The third-order valence-electron chi connectivity index (χ3n) is 3.23. The molecule has 0 bridgehead atoms. The predicted molar refractivity (Wildman–Crippen MR) is 84.7 cm³/mol. The lowest BCUT2D eigenvalue weighted by Crippen LogP contribution is -2.02. The standard InChI is InChI=1S/C14H11Cl2N2O2P/c15-10-4-3-5-11(16)14(10)17-21(18-8-9-18)19-12-6-1-2-7-13(12)20-21/h1-7H,8-9H2. The molecule has 7 heteroatoms. The first-order valence-electron chi connectivity index (χ1n) is 6.48. The second kappa shape index (κ2) is 4.92. The van der Waals surface area contributed by atoms with E-state index in [0.717, 1.165) is 13.1 Å². The maximum Gasteiger partial charge on any atom is 0.402 e. The summed E-state index contributed by atoms with van der Waals surface area (Å²) in [6, 6.07) is 12.9. The monoisotopic (exact) mass is 340 g/mol. The molecule has 4 nitrogen and oxygen atoms in total. The van der Waals surface area contributed by atoms with Crippen LogP contribution < -0.4 is 9.05 Å². The number of fused-ring (bicyclic) bond motifs is 1. The molecule has 4 rings (SSSR count). The van der Waals surface area contributed by atoms with E-state index in [-0.39, 0.29) is 0 Å². The minimum atomic E-state index is -2.58. The number of hydrogen-bond acceptors (Lipinski definition) is 3. The van der Waals surface area contributed by atoms with Gasteiger partial charge in [-0.05, 0) is 24.3 Å². The molecule has 2 aromatic rings. The number of nitrogens with zero attached hydrogens (tertiary/aromatic N) is 2. The highest BCUT2D eigenvalue weighted by Gasteiger charge is 2.46. The first-order valence-corrected chi connectivity index (χ1v) is 8.77. The quantitative estimate of drug-likeness (QED) is 0.545. The molecule has 0 aromatic heterocycles. The molecular formula is C14H11Cl2N2O2P. The van der Waals surface area contributed by atoms with Gasteiger partial charge in [-0.1, -0.05) is 41.4 Å². The number of halogens is 2. The van der Waals surface area contributed by atoms with Crippen LogP contribution in [-0.2, 0) is 0 Å². The predicted octanol–water partition coefficient (Wildman–Crippen LogP) is 5.36. The summed E-state index contributed by atoms with van der Waals surface area (Å²) in [4.78, 5) is 0. The highest BCUT2D eigenvalue weighted by atomic mass is 35.5. The van der Waals surface area contributed by atoms with Crippen molar-refractivity contribution in [3.63, 3.8) is 0 Å². The molecule has 2 aromatic carbocycles. The van der Waals surface area contributed by atoms with Gasteiger partial charge in [-0.15, -0.1) is 0 Å². The molecule has 0 atom stereocenters. The van der Waals surface area contributed by atoms with Crippen LogP contribution in [0.1, 0.15) is 0 Å². The van der Waals surface area contributed by atoms with E-state index in [1.54, 1.807) is 18.2 Å². The van der Waals surface area contributed by atoms with Crippen molar-refractivity contribution in [1.82, 2.24) is 4.67 Å². The average molecular weight is 341 g/mol. The van der Waals surface area contributed by atoms with Crippen molar-refractivity contribution in [2.75, 3.05) is 13.1 Å². The van der Waals surface area contributed by atoms with E-state index in [2.05, 4.69) is 4.67 Å². The second-order valence-corrected chi connectivity index (χ2v) is 7.67. The Hall–Kier alpha value is -1.19. The molecule has 2 aliphatic heterocycles. The molecule has 1 fully saturated rings. The lowest BCUT2D eigenvalue weighted by Gasteiger charge is -2.17. The lowest BCUT2D eigenvalue weighted by molar-refractivity contribution is 0.504. The summed E-state index contributed by atoms with van der Waals surface area (Å²) in [7, 11) is -2.58. The van der Waals surface area contributed by atoms with Crippen LogP contribution in [-0.4, -0.2) is 17.8 Å². The molecule has 2 heterocycles. The highest BCUT2D eigenvalue weighted by Crippen LogP contribution is 2.66. The molecule has 0 N–H and O–H groups in total. The van der Waals surface area contributed by atoms with Crippen LogP contribution in [0.2, 0.25) is 10.0 Å². The Morgan fingerprint density at radius 3 is 2.00 bits per heavy atom. The molecule has 0 saturated carbocycles. The van der Waals surface area contributed by atoms with Crippen molar-refractivity contribution in [2.45, 2.75) is 0 Å². The van der Waals surface area contributed by atoms with E-state index in [1.165, 1.54) is 0 Å². The maximum absolute atomic E-state index is 6.22. The van der Waals surface area contributed by atoms with Gasteiger partial charge >= 0.3 is 7.66 Å². The third kappa shape index (κ3) is 2.33. The molecule has 108 valence electrons. The van der Waals surface area contributed by atoms with Crippen molar-refractivity contribution in [3.8, 4) is 11.5 Å². The van der Waals surface area contributed by atoms with Gasteiger partial charge < -0.3 is 9.05 Å². The average Bonchev–Trinajstić information content (AvgIpc) is 3.25. The Morgan fingerprint density at radius 1 is 0.905 bits per heavy atom. The summed E-state index contributed by atoms with van der Waals surface area (Å²) in [6.07, 6.45) is 0. The van der Waals surface area contributed by atoms with E-state index in [1.807, 2.05) is 24.3 Å². The van der Waals surface area contributed by atoms with E-state index in [0.29, 0.717) is 27.2 Å². The summed E-state index contributed by atoms with van der Waals surface area (Å²) in [6.45, 7) is 1.79. The third-order valence-corrected chi connectivity index (χ3v) is 6.28. The van der Waals surface area contributed by atoms with Crippen LogP contribution in [0.5, 0.6) is 11.5 Å². The van der Waals surface area contributed by atoms with Crippen molar-refractivity contribution in [2.24, 2.45) is 4.74 Å². The van der Waals surface area contributed by atoms with Crippen LogP contribution in [0.3, 0.4) is 0 Å². The van der Waals surface area contributed by atoms with Crippen LogP contribution in [0.15, 0.2) is 47.2 Å². The highest BCUT2D eigenvalue weighted by molar-refractivity contribution is 7.55. The Bertz CT molecular complexity index is 728. The van der Waals surface area contributed by atoms with Gasteiger partial charge in [0.25, 0.3) is 0 Å². The van der Waals surface area contributed by atoms with E-state index in [4.69, 9.17) is 37.0 Å². The van der Waals surface area contributed by atoms with Gasteiger partial charge in [0.15, 0.2) is 11.5 Å². The fraction of sp³-hybridized carbons (Fsp3) is 0.143. The summed E-state index contributed by atoms with van der Waals surface area (Å²) < 4.78 is 18.9. The number of rotatable bonds is 2. The van der Waals surface area contributed by atoms with Gasteiger partial charge in [0.1, 0.15) is 5.69 Å². The molecule has 1 saturated heterocycles. The Kier molecular flexibility index (Phi) is 3.16. The van der Waals surface area contributed by atoms with Gasteiger partial charge in [-0.25, -0.2) is 4.67 Å². The maximum atomic E-state index is 6.22. The van der Waals surface area contributed by atoms with E-state index < -0.39 is 7.66 Å². The van der Waals surface area contributed by atoms with Crippen LogP contribution in [0.4, 0.5) is 5.69 Å². The van der Waals surface area contributed by atoms with Gasteiger partial charge in [0, 0.05) is 13.1 Å². The van der Waals surface area contributed by atoms with Gasteiger partial charge in [-0.2, -0.15) is 4.74 Å². The summed E-state index contributed by atoms with van der Waals surface area (Å²) in [5.41, 5.74) is 0.522. The molecule has 2 aliphatic rings. The second-order valence-electron chi connectivity index (χ2n) is 4.74. The Labute approximate surface area is 132 Å². The normalized spacial score (nSPS) is 18.6. The summed E-state index contributed by atoms with van der Waals surface area (Å²) in [5.74, 6) is 1.43. The van der Waals surface area contributed by atoms with E-state index >= 15 is 0 Å². The van der Waals surface area contributed by atoms with E-state index in [9.17, 15) is 0 Å². The first kappa shape index (κ1) is 13.5. The number of para-hydroxylation sites is 2. The molecule has 21 heavy (non-hydrogen) atoms.